The van der Waals surface area contributed by atoms with Crippen LogP contribution in [0.25, 0.3) is 0 Å². The molecule has 2 bridgehead atoms. The van der Waals surface area contributed by atoms with Crippen LogP contribution in [0.4, 0.5) is 5.69 Å². The van der Waals surface area contributed by atoms with Crippen LogP contribution in [0, 0.1) is 17.8 Å². The van der Waals surface area contributed by atoms with Gasteiger partial charge in [-0.1, -0.05) is 36.7 Å². The number of rotatable bonds is 6. The number of allylic oxidation sites excluding steroid dienone is 1. The molecule has 1 aliphatic carbocycles. The molecule has 2 fully saturated rings. The monoisotopic (exact) mass is 804 g/mol. The number of carbonyl (C=O) groups excluding carboxylic acids is 1. The number of hydrogen-bond donors (Lipinski definition) is 1. The molecule has 0 aromatic heterocycles. The van der Waals surface area contributed by atoms with Crippen LogP contribution in [-0.2, 0) is 37.6 Å². The minimum absolute atomic E-state index is 0.158. The third-order valence-electron chi connectivity index (χ3n) is 12.3. The Hall–Kier alpha value is -2.68. The molecular formula is C40H57ClN4O7S2. The second kappa shape index (κ2) is 17.2. The first-order valence-corrected chi connectivity index (χ1v) is 23.3. The normalized spacial score (nSPS) is 29.4. The Kier molecular flexibility index (Phi) is 13.1. The van der Waals surface area contributed by atoms with Crippen LogP contribution < -0.4 is 14.4 Å². The average Bonchev–Trinajstić information content (AvgIpc) is 3.14. The van der Waals surface area contributed by atoms with Gasteiger partial charge in [0.25, 0.3) is 5.91 Å². The summed E-state index contributed by atoms with van der Waals surface area (Å²) < 4.78 is 66.3. The molecule has 3 heterocycles. The number of carbonyl (C=O) groups is 1. The molecule has 2 aromatic carbocycles. The van der Waals surface area contributed by atoms with Gasteiger partial charge in [0.05, 0.1) is 16.7 Å². The van der Waals surface area contributed by atoms with Crippen molar-refractivity contribution in [1.29, 1.82) is 0 Å². The second-order valence-electron chi connectivity index (χ2n) is 15.9. The van der Waals surface area contributed by atoms with Gasteiger partial charge in [-0.3, -0.25) is 14.6 Å². The molecule has 11 nitrogen and oxygen atoms in total. The van der Waals surface area contributed by atoms with Crippen LogP contribution in [0.2, 0.25) is 5.02 Å². The molecule has 0 radical (unpaired) electrons. The highest BCUT2D eigenvalue weighted by atomic mass is 35.5. The average molecular weight is 806 g/mol. The molecule has 1 saturated carbocycles. The van der Waals surface area contributed by atoms with E-state index in [0.717, 1.165) is 82.6 Å². The van der Waals surface area contributed by atoms with Gasteiger partial charge < -0.3 is 14.4 Å². The summed E-state index contributed by atoms with van der Waals surface area (Å²) in [5, 5.41) is -0.120. The number of nitrogens with one attached hydrogen (secondary N) is 1. The number of halogens is 1. The van der Waals surface area contributed by atoms with Crippen molar-refractivity contribution in [2.75, 3.05) is 76.4 Å². The molecule has 4 aliphatic rings. The van der Waals surface area contributed by atoms with Gasteiger partial charge >= 0.3 is 0 Å². The van der Waals surface area contributed by atoms with E-state index in [4.69, 9.17) is 21.1 Å². The van der Waals surface area contributed by atoms with Gasteiger partial charge in [-0.25, -0.2) is 21.6 Å². The maximum atomic E-state index is 13.6. The van der Waals surface area contributed by atoms with E-state index >= 15 is 0 Å². The number of sulfone groups is 1. The molecule has 5 atom stereocenters. The molecule has 1 amide bonds. The van der Waals surface area contributed by atoms with Crippen LogP contribution in [-0.4, -0.2) is 115 Å². The molecule has 14 heteroatoms. The summed E-state index contributed by atoms with van der Waals surface area (Å²) in [6, 6.07) is 11.1. The van der Waals surface area contributed by atoms with E-state index in [2.05, 4.69) is 31.6 Å². The summed E-state index contributed by atoms with van der Waals surface area (Å²) in [5.74, 6) is 0.380. The smallest absolute Gasteiger partial charge is 0.264 e. The Morgan fingerprint density at radius 1 is 1.00 bits per heavy atom. The van der Waals surface area contributed by atoms with Gasteiger partial charge in [0.15, 0.2) is 0 Å². The lowest BCUT2D eigenvalue weighted by atomic mass is 9.63. The third kappa shape index (κ3) is 9.81. The highest BCUT2D eigenvalue weighted by Crippen LogP contribution is 2.47. The predicted molar refractivity (Wildman–Crippen MR) is 215 cm³/mol. The van der Waals surface area contributed by atoms with Gasteiger partial charge in [-0.05, 0) is 105 Å². The minimum Gasteiger partial charge on any atom is -0.487 e. The topological polar surface area (TPSA) is 126 Å². The molecule has 298 valence electrons. The zero-order chi connectivity index (χ0) is 38.7. The van der Waals surface area contributed by atoms with E-state index < -0.39 is 36.6 Å². The number of methoxy groups -OCH3 is 1. The highest BCUT2D eigenvalue weighted by molar-refractivity contribution is 7.90. The molecule has 1 saturated heterocycles. The van der Waals surface area contributed by atoms with Crippen molar-refractivity contribution in [2.45, 2.75) is 69.8 Å². The summed E-state index contributed by atoms with van der Waals surface area (Å²) in [7, 11) is -5.23. The number of piperazine rings is 1. The Bertz CT molecular complexity index is 1900. The Morgan fingerprint density at radius 3 is 2.46 bits per heavy atom. The van der Waals surface area contributed by atoms with Crippen LogP contribution in [0.5, 0.6) is 5.75 Å². The van der Waals surface area contributed by atoms with Crippen LogP contribution in [0.1, 0.15) is 67.4 Å². The zero-order valence-corrected chi connectivity index (χ0v) is 34.5. The number of ether oxygens (including phenoxy) is 2. The Morgan fingerprint density at radius 2 is 1.76 bits per heavy atom. The van der Waals surface area contributed by atoms with Gasteiger partial charge in [0.1, 0.15) is 27.8 Å². The molecule has 0 unspecified atom stereocenters. The zero-order valence-electron chi connectivity index (χ0n) is 32.1. The van der Waals surface area contributed by atoms with Crippen molar-refractivity contribution >= 4 is 43.1 Å². The molecule has 6 rings (SSSR count). The molecule has 54 heavy (non-hydrogen) atoms. The molecule has 1 N–H and O–H groups in total. The van der Waals surface area contributed by atoms with Crippen LogP contribution in [0.15, 0.2) is 48.6 Å². The fraction of sp³-hybridized carbons (Fsp3) is 0.625. The fourth-order valence-corrected chi connectivity index (χ4v) is 10.5. The molecular weight excluding hydrogens is 748 g/mol. The summed E-state index contributed by atoms with van der Waals surface area (Å²) in [5.41, 5.74) is 2.67. The van der Waals surface area contributed by atoms with Gasteiger partial charge in [-0.2, -0.15) is 0 Å². The van der Waals surface area contributed by atoms with Crippen molar-refractivity contribution in [3.05, 3.63) is 70.3 Å². The maximum Gasteiger partial charge on any atom is 0.264 e. The van der Waals surface area contributed by atoms with E-state index in [1.165, 1.54) is 11.8 Å². The van der Waals surface area contributed by atoms with Gasteiger partial charge in [-0.15, -0.1) is 0 Å². The summed E-state index contributed by atoms with van der Waals surface area (Å²) in [4.78, 5) is 20.6. The van der Waals surface area contributed by atoms with E-state index in [1.54, 1.807) is 32.2 Å². The fourth-order valence-electron chi connectivity index (χ4n) is 8.45. The first-order valence-electron chi connectivity index (χ1n) is 19.4. The lowest BCUT2D eigenvalue weighted by Gasteiger charge is -2.52. The third-order valence-corrected chi connectivity index (χ3v) is 15.3. The van der Waals surface area contributed by atoms with Crippen LogP contribution >= 0.6 is 11.6 Å². The molecule has 3 aliphatic heterocycles. The minimum atomic E-state index is -3.99. The standard InChI is InChI=1S/C40H57ClN4O7S2/c1-29-8-7-16-40(51-3,28-44-20-18-43(19-21-44)22-23-53(4,47)48)36-14-11-33(36)26-45-17-6-5-9-31-24-35(41)13-10-34(31)27-52-38-15-12-32(25-37(38)45)39(46)42-54(49,50)30(29)2/h7,10,12-13,15-16,24-25,29-30,33,36H,5-6,8-9,11,14,17-23,26-28H2,1-4H3,(H,42,46)/b16-7+/t29-,30+,33-,36+,40-/m0/s1. The SMILES string of the molecule is CO[C@]1(CN2CCN(CCS(C)(=O)=O)CC2)/C=C/C[C@H](C)[C@@H](C)S(=O)(=O)NC(=O)c2ccc3c(c2)N(CCCCc2cc(Cl)ccc2CO3)C[C@@H]2CC[C@H]21. The van der Waals surface area contributed by atoms with Crippen molar-refractivity contribution < 1.29 is 31.1 Å². The van der Waals surface area contributed by atoms with Gasteiger partial charge in [0, 0.05) is 76.3 Å². The first kappa shape index (κ1) is 41.0. The summed E-state index contributed by atoms with van der Waals surface area (Å²) in [6.07, 6.45) is 10.8. The number of amides is 1. The quantitative estimate of drug-likeness (QED) is 0.391. The molecule has 0 spiro atoms. The summed E-state index contributed by atoms with van der Waals surface area (Å²) >= 11 is 6.39. The lowest BCUT2D eigenvalue weighted by Crippen LogP contribution is -2.58. The van der Waals surface area contributed by atoms with Crippen molar-refractivity contribution in [2.24, 2.45) is 17.8 Å². The van der Waals surface area contributed by atoms with E-state index in [9.17, 15) is 21.6 Å². The van der Waals surface area contributed by atoms with Crippen molar-refractivity contribution in [1.82, 2.24) is 14.5 Å². The number of sulfonamides is 1. The number of fused-ring (bicyclic) bond motifs is 3. The number of benzene rings is 2. The largest absolute Gasteiger partial charge is 0.487 e. The Labute approximate surface area is 327 Å². The lowest BCUT2D eigenvalue weighted by molar-refractivity contribution is -0.0952. The van der Waals surface area contributed by atoms with Crippen LogP contribution in [0.3, 0.4) is 0 Å². The number of anilines is 1. The maximum absolute atomic E-state index is 13.6. The summed E-state index contributed by atoms with van der Waals surface area (Å²) in [6.45, 7) is 9.77. The first-order chi connectivity index (χ1) is 25.7. The van der Waals surface area contributed by atoms with E-state index in [-0.39, 0.29) is 23.2 Å². The number of aryl methyl sites for hydroxylation is 1. The van der Waals surface area contributed by atoms with Crippen molar-refractivity contribution in [3.8, 4) is 5.75 Å². The highest BCUT2D eigenvalue weighted by Gasteiger charge is 2.48. The van der Waals surface area contributed by atoms with Crippen molar-refractivity contribution in [3.63, 3.8) is 0 Å². The Balaban J connectivity index is 1.34. The van der Waals surface area contributed by atoms with Gasteiger partial charge in [0.2, 0.25) is 10.0 Å². The predicted octanol–water partition coefficient (Wildman–Crippen LogP) is 5.18. The number of hydrogen-bond acceptors (Lipinski definition) is 10. The van der Waals surface area contributed by atoms with E-state index in [0.29, 0.717) is 42.8 Å². The van der Waals surface area contributed by atoms with E-state index in [1.807, 2.05) is 25.1 Å². The second-order valence-corrected chi connectivity index (χ2v) is 20.7. The number of nitrogens with zero attached hydrogens (tertiary/aromatic N) is 3. The molecule has 2 aromatic rings.